The number of hydrogen-bond acceptors (Lipinski definition) is 6. The Hall–Kier alpha value is -0.240. The molecule has 1 aliphatic rings. The highest BCUT2D eigenvalue weighted by Crippen LogP contribution is 2.20. The maximum Gasteiger partial charge on any atom is 0.186 e. The van der Waals surface area contributed by atoms with E-state index >= 15 is 0 Å². The lowest BCUT2D eigenvalue weighted by Crippen LogP contribution is -2.58. The summed E-state index contributed by atoms with van der Waals surface area (Å²) in [5.74, 6) is 0. The van der Waals surface area contributed by atoms with Crippen LogP contribution in [0.4, 0.5) is 0 Å². The molecule has 5 atom stereocenters. The minimum absolute atomic E-state index is 0.440. The van der Waals surface area contributed by atoms with E-state index in [9.17, 15) is 15.3 Å². The first kappa shape index (κ1) is 10.8. The van der Waals surface area contributed by atoms with Gasteiger partial charge in [-0.25, -0.2) is 0 Å². The van der Waals surface area contributed by atoms with Crippen LogP contribution in [0, 0.1) is 0 Å². The first-order valence-corrected chi connectivity index (χ1v) is 3.95. The Labute approximate surface area is 75.3 Å². The molecule has 1 rings (SSSR count). The molecule has 1 fully saturated rings. The van der Waals surface area contributed by atoms with Gasteiger partial charge in [-0.05, 0) is 0 Å². The molecule has 0 aliphatic carbocycles. The predicted molar refractivity (Wildman–Crippen MR) is 40.8 cm³/mol. The second kappa shape index (κ2) is 4.32. The average molecular weight is 194 g/mol. The molecule has 0 radical (unpaired) electrons. The fourth-order valence-corrected chi connectivity index (χ4v) is 1.26. The molecule has 13 heavy (non-hydrogen) atoms. The van der Waals surface area contributed by atoms with Gasteiger partial charge in [-0.3, -0.25) is 0 Å². The van der Waals surface area contributed by atoms with Crippen LogP contribution in [0.5, 0.6) is 0 Å². The monoisotopic (exact) mass is 194 g/mol. The highest BCUT2D eigenvalue weighted by Gasteiger charge is 2.43. The molecule has 78 valence electrons. The Balaban J connectivity index is 2.66. The van der Waals surface area contributed by atoms with Crippen LogP contribution in [0.2, 0.25) is 0 Å². The van der Waals surface area contributed by atoms with Gasteiger partial charge < -0.3 is 29.9 Å². The molecule has 0 saturated carbocycles. The summed E-state index contributed by atoms with van der Waals surface area (Å²) < 4.78 is 9.65. The van der Waals surface area contributed by atoms with Gasteiger partial charge in [0.1, 0.15) is 24.4 Å². The van der Waals surface area contributed by atoms with Crippen LogP contribution in [-0.4, -0.2) is 64.8 Å². The fraction of sp³-hybridized carbons (Fsp3) is 1.00. The van der Waals surface area contributed by atoms with Crippen LogP contribution in [-0.2, 0) is 9.47 Å². The van der Waals surface area contributed by atoms with Gasteiger partial charge in [0.25, 0.3) is 0 Å². The van der Waals surface area contributed by atoms with E-state index in [4.69, 9.17) is 14.6 Å². The summed E-state index contributed by atoms with van der Waals surface area (Å²) in [5, 5.41) is 36.6. The Kier molecular flexibility index (Phi) is 3.60. The van der Waals surface area contributed by atoms with Crippen LogP contribution in [0.3, 0.4) is 0 Å². The maximum absolute atomic E-state index is 9.28. The summed E-state index contributed by atoms with van der Waals surface area (Å²) in [5.41, 5.74) is 0. The molecule has 1 saturated heterocycles. The van der Waals surface area contributed by atoms with Gasteiger partial charge in [0.05, 0.1) is 6.61 Å². The van der Waals surface area contributed by atoms with Crippen molar-refractivity contribution < 1.29 is 29.9 Å². The number of aliphatic hydroxyl groups excluding tert-OH is 4. The molecule has 0 aromatic carbocycles. The smallest absolute Gasteiger partial charge is 0.186 e. The molecule has 0 spiro atoms. The number of methoxy groups -OCH3 is 1. The van der Waals surface area contributed by atoms with Crippen LogP contribution in [0.25, 0.3) is 0 Å². The Morgan fingerprint density at radius 1 is 1.15 bits per heavy atom. The lowest BCUT2D eigenvalue weighted by molar-refractivity contribution is -0.294. The lowest BCUT2D eigenvalue weighted by Gasteiger charge is -2.38. The van der Waals surface area contributed by atoms with Gasteiger partial charge in [0, 0.05) is 7.11 Å². The van der Waals surface area contributed by atoms with Crippen LogP contribution in [0.15, 0.2) is 0 Å². The minimum atomic E-state index is -1.36. The second-order valence-corrected chi connectivity index (χ2v) is 2.93. The van der Waals surface area contributed by atoms with Crippen molar-refractivity contribution in [2.45, 2.75) is 30.7 Å². The van der Waals surface area contributed by atoms with Gasteiger partial charge in [-0.1, -0.05) is 0 Å². The first-order valence-electron chi connectivity index (χ1n) is 3.95. The molecular formula is C7H14O6. The molecule has 6 heteroatoms. The summed E-state index contributed by atoms with van der Waals surface area (Å²) in [6, 6.07) is 0. The maximum atomic E-state index is 9.28. The van der Waals surface area contributed by atoms with E-state index in [-0.39, 0.29) is 0 Å². The van der Waals surface area contributed by atoms with Gasteiger partial charge in [0.15, 0.2) is 6.29 Å². The topological polar surface area (TPSA) is 99.4 Å². The van der Waals surface area contributed by atoms with Crippen molar-refractivity contribution in [2.24, 2.45) is 0 Å². The third kappa shape index (κ3) is 1.98. The molecule has 6 nitrogen and oxygen atoms in total. The van der Waals surface area contributed by atoms with Crippen molar-refractivity contribution in [3.05, 3.63) is 0 Å². The average Bonchev–Trinajstić information content (AvgIpc) is 2.15. The van der Waals surface area contributed by atoms with Gasteiger partial charge in [-0.15, -0.1) is 0 Å². The van der Waals surface area contributed by atoms with Crippen molar-refractivity contribution >= 4 is 0 Å². The minimum Gasteiger partial charge on any atom is -0.394 e. The number of hydrogen-bond donors (Lipinski definition) is 4. The van der Waals surface area contributed by atoms with Crippen molar-refractivity contribution in [3.8, 4) is 0 Å². The summed E-state index contributed by atoms with van der Waals surface area (Å²) >= 11 is 0. The zero-order valence-corrected chi connectivity index (χ0v) is 7.20. The van der Waals surface area contributed by atoms with E-state index in [0.717, 1.165) is 0 Å². The van der Waals surface area contributed by atoms with Gasteiger partial charge in [0.2, 0.25) is 0 Å². The Morgan fingerprint density at radius 3 is 2.23 bits per heavy atom. The Morgan fingerprint density at radius 2 is 1.77 bits per heavy atom. The predicted octanol–water partition coefficient (Wildman–Crippen LogP) is -2.57. The van der Waals surface area contributed by atoms with E-state index in [1.165, 1.54) is 7.11 Å². The summed E-state index contributed by atoms with van der Waals surface area (Å²) in [6.07, 6.45) is -5.91. The van der Waals surface area contributed by atoms with Crippen molar-refractivity contribution in [3.63, 3.8) is 0 Å². The molecule has 4 unspecified atom stereocenters. The van der Waals surface area contributed by atoms with Crippen molar-refractivity contribution in [2.75, 3.05) is 13.7 Å². The lowest BCUT2D eigenvalue weighted by atomic mass is 9.99. The molecule has 1 heterocycles. The largest absolute Gasteiger partial charge is 0.394 e. The van der Waals surface area contributed by atoms with Gasteiger partial charge >= 0.3 is 0 Å². The molecule has 0 amide bonds. The number of ether oxygens (including phenoxy) is 2. The summed E-state index contributed by atoms with van der Waals surface area (Å²) in [4.78, 5) is 0. The third-order valence-electron chi connectivity index (χ3n) is 2.08. The molecule has 1 aliphatic heterocycles. The van der Waals surface area contributed by atoms with Crippen LogP contribution >= 0.6 is 0 Å². The van der Waals surface area contributed by atoms with Gasteiger partial charge in [-0.2, -0.15) is 0 Å². The second-order valence-electron chi connectivity index (χ2n) is 2.93. The van der Waals surface area contributed by atoms with E-state index in [1.54, 1.807) is 0 Å². The zero-order chi connectivity index (χ0) is 10.0. The normalized spacial score (nSPS) is 46.4. The standard InChI is InChI=1S/C7H14O6/c1-12-7-6(11)5(10)4(9)3(2-8)13-7/h3-11H,2H2,1H3/t3?,4?,5?,6?,7-/m1/s1. The van der Waals surface area contributed by atoms with Crippen molar-refractivity contribution in [1.29, 1.82) is 0 Å². The highest BCUT2D eigenvalue weighted by atomic mass is 16.7. The third-order valence-corrected chi connectivity index (χ3v) is 2.08. The van der Waals surface area contributed by atoms with Crippen LogP contribution in [0.1, 0.15) is 0 Å². The summed E-state index contributed by atoms with van der Waals surface area (Å²) in [6.45, 7) is -0.440. The summed E-state index contributed by atoms with van der Waals surface area (Å²) in [7, 11) is 1.30. The number of aliphatic hydroxyl groups is 4. The molecule has 0 bridgehead atoms. The van der Waals surface area contributed by atoms with E-state index < -0.39 is 37.3 Å². The van der Waals surface area contributed by atoms with E-state index in [0.29, 0.717) is 0 Å². The SMILES string of the molecule is CO[C@@H]1OC(CO)C(O)C(O)C1O. The zero-order valence-electron chi connectivity index (χ0n) is 7.20. The quantitative estimate of drug-likeness (QED) is 0.386. The van der Waals surface area contributed by atoms with E-state index in [1.807, 2.05) is 0 Å². The first-order chi connectivity index (χ1) is 6.11. The van der Waals surface area contributed by atoms with E-state index in [2.05, 4.69) is 0 Å². The van der Waals surface area contributed by atoms with Crippen molar-refractivity contribution in [1.82, 2.24) is 0 Å². The van der Waals surface area contributed by atoms with Crippen LogP contribution < -0.4 is 0 Å². The Bertz CT molecular complexity index is 143. The molecule has 4 N–H and O–H groups in total. The molecule has 0 aromatic rings. The number of rotatable bonds is 2. The highest BCUT2D eigenvalue weighted by molar-refractivity contribution is 4.88. The fourth-order valence-electron chi connectivity index (χ4n) is 1.26. The molecule has 0 aromatic heterocycles. The molecular weight excluding hydrogens is 180 g/mol.